The minimum atomic E-state index is -0.366. The third-order valence-corrected chi connectivity index (χ3v) is 5.31. The van der Waals surface area contributed by atoms with E-state index in [1.807, 2.05) is 27.7 Å². The van der Waals surface area contributed by atoms with E-state index in [-0.39, 0.29) is 34.8 Å². The summed E-state index contributed by atoms with van der Waals surface area (Å²) in [7, 11) is 0. The largest absolute Gasteiger partial charge is 0.392 e. The number of ether oxygens (including phenoxy) is 1. The summed E-state index contributed by atoms with van der Waals surface area (Å²) in [6.45, 7) is 10.7. The molecule has 1 aliphatic carbocycles. The van der Waals surface area contributed by atoms with Gasteiger partial charge in [-0.2, -0.15) is 0 Å². The van der Waals surface area contributed by atoms with E-state index in [2.05, 4.69) is 17.6 Å². The van der Waals surface area contributed by atoms with E-state index in [9.17, 15) is 9.90 Å². The predicted molar refractivity (Wildman–Crippen MR) is 86.8 cm³/mol. The van der Waals surface area contributed by atoms with Gasteiger partial charge in [0.25, 0.3) is 0 Å². The zero-order valence-corrected chi connectivity index (χ0v) is 14.7. The summed E-state index contributed by atoms with van der Waals surface area (Å²) in [5.74, 6) is 0. The number of rotatable bonds is 3. The van der Waals surface area contributed by atoms with E-state index in [0.717, 1.165) is 32.1 Å². The fourth-order valence-electron chi connectivity index (χ4n) is 3.87. The van der Waals surface area contributed by atoms with E-state index in [4.69, 9.17) is 4.74 Å². The van der Waals surface area contributed by atoms with Crippen molar-refractivity contribution in [3.8, 4) is 0 Å². The highest BCUT2D eigenvalue weighted by molar-refractivity contribution is 5.74. The van der Waals surface area contributed by atoms with Crippen LogP contribution in [0.2, 0.25) is 0 Å². The first-order valence-corrected chi connectivity index (χ1v) is 8.47. The lowest BCUT2D eigenvalue weighted by atomic mass is 9.73. The molecule has 0 aromatic rings. The van der Waals surface area contributed by atoms with Gasteiger partial charge in [-0.3, -0.25) is 0 Å². The van der Waals surface area contributed by atoms with Crippen LogP contribution in [0.4, 0.5) is 4.79 Å². The molecule has 0 spiro atoms. The van der Waals surface area contributed by atoms with Crippen LogP contribution in [-0.4, -0.2) is 41.0 Å². The van der Waals surface area contributed by atoms with Crippen LogP contribution in [0.5, 0.6) is 0 Å². The zero-order valence-electron chi connectivity index (χ0n) is 14.7. The van der Waals surface area contributed by atoms with Crippen molar-refractivity contribution in [1.29, 1.82) is 0 Å². The molecule has 3 unspecified atom stereocenters. The summed E-state index contributed by atoms with van der Waals surface area (Å²) in [6.07, 6.45) is 4.46. The molecule has 2 amide bonds. The number of aliphatic hydroxyl groups excluding tert-OH is 1. The van der Waals surface area contributed by atoms with Crippen molar-refractivity contribution in [2.75, 3.05) is 6.54 Å². The summed E-state index contributed by atoms with van der Waals surface area (Å²) in [6, 6.07) is -0.176. The Balaban J connectivity index is 1.86. The van der Waals surface area contributed by atoms with E-state index in [1.165, 1.54) is 0 Å². The third kappa shape index (κ3) is 3.93. The van der Waals surface area contributed by atoms with E-state index in [0.29, 0.717) is 6.54 Å². The third-order valence-electron chi connectivity index (χ3n) is 5.31. The van der Waals surface area contributed by atoms with Crippen LogP contribution in [0.3, 0.4) is 0 Å². The van der Waals surface area contributed by atoms with E-state index < -0.39 is 0 Å². The van der Waals surface area contributed by atoms with Crippen LogP contribution < -0.4 is 10.6 Å². The second-order valence-electron chi connectivity index (χ2n) is 8.46. The standard InChI is InChI=1S/C17H32N2O3/c1-15(2)10-12(16(3,4)22-15)19-14(21)18-11-17(5)9-7-6-8-13(17)20/h12-13,20H,6-11H2,1-5H3,(H2,18,19,21). The Bertz CT molecular complexity index is 422. The highest BCUT2D eigenvalue weighted by atomic mass is 16.5. The number of urea groups is 1. The van der Waals surface area contributed by atoms with E-state index in [1.54, 1.807) is 0 Å². The average Bonchev–Trinajstić information content (AvgIpc) is 2.59. The first-order valence-electron chi connectivity index (χ1n) is 8.47. The Morgan fingerprint density at radius 2 is 1.91 bits per heavy atom. The van der Waals surface area contributed by atoms with Crippen LogP contribution in [0.15, 0.2) is 0 Å². The molecular weight excluding hydrogens is 280 g/mol. The maximum atomic E-state index is 12.2. The molecule has 5 heteroatoms. The van der Waals surface area contributed by atoms with E-state index >= 15 is 0 Å². The van der Waals surface area contributed by atoms with Gasteiger partial charge in [-0.25, -0.2) is 4.79 Å². The van der Waals surface area contributed by atoms with Gasteiger partial charge < -0.3 is 20.5 Å². The van der Waals surface area contributed by atoms with Crippen LogP contribution in [0.25, 0.3) is 0 Å². The number of amides is 2. The van der Waals surface area contributed by atoms with Crippen molar-refractivity contribution >= 4 is 6.03 Å². The number of carbonyl (C=O) groups is 1. The molecular formula is C17H32N2O3. The number of carbonyl (C=O) groups excluding carboxylic acids is 1. The van der Waals surface area contributed by atoms with Gasteiger partial charge in [0.15, 0.2) is 0 Å². The molecule has 128 valence electrons. The lowest BCUT2D eigenvalue weighted by molar-refractivity contribution is -0.0691. The molecule has 22 heavy (non-hydrogen) atoms. The first-order chi connectivity index (χ1) is 10.0. The molecule has 3 atom stereocenters. The number of nitrogens with one attached hydrogen (secondary N) is 2. The Morgan fingerprint density at radius 1 is 1.23 bits per heavy atom. The molecule has 0 radical (unpaired) electrons. The van der Waals surface area contributed by atoms with Crippen LogP contribution in [-0.2, 0) is 4.74 Å². The second kappa shape index (κ2) is 6.00. The zero-order chi connectivity index (χ0) is 16.6. The highest BCUT2D eigenvalue weighted by Crippen LogP contribution is 2.37. The predicted octanol–water partition coefficient (Wildman–Crippen LogP) is 2.57. The topological polar surface area (TPSA) is 70.6 Å². The molecule has 0 aromatic carbocycles. The fourth-order valence-corrected chi connectivity index (χ4v) is 3.87. The maximum absolute atomic E-state index is 12.2. The van der Waals surface area contributed by atoms with Gasteiger partial charge in [-0.05, 0) is 47.0 Å². The number of hydrogen-bond donors (Lipinski definition) is 3. The van der Waals surface area contributed by atoms with Gasteiger partial charge in [0.05, 0.1) is 23.3 Å². The van der Waals surface area contributed by atoms with Crippen molar-refractivity contribution in [1.82, 2.24) is 10.6 Å². The Labute approximate surface area is 134 Å². The van der Waals surface area contributed by atoms with Crippen molar-refractivity contribution in [3.63, 3.8) is 0 Å². The second-order valence-corrected chi connectivity index (χ2v) is 8.46. The van der Waals surface area contributed by atoms with Gasteiger partial charge in [0, 0.05) is 12.0 Å². The maximum Gasteiger partial charge on any atom is 0.315 e. The molecule has 1 saturated carbocycles. The van der Waals surface area contributed by atoms with Gasteiger partial charge >= 0.3 is 6.03 Å². The van der Waals surface area contributed by atoms with Crippen LogP contribution >= 0.6 is 0 Å². The molecule has 2 fully saturated rings. The fraction of sp³-hybridized carbons (Fsp3) is 0.941. The summed E-state index contributed by atoms with van der Waals surface area (Å²) >= 11 is 0. The van der Waals surface area contributed by atoms with Gasteiger partial charge in [0.2, 0.25) is 0 Å². The van der Waals surface area contributed by atoms with Crippen molar-refractivity contribution < 1.29 is 14.6 Å². The van der Waals surface area contributed by atoms with Gasteiger partial charge in [0.1, 0.15) is 0 Å². The smallest absolute Gasteiger partial charge is 0.315 e. The molecule has 1 heterocycles. The van der Waals surface area contributed by atoms with Gasteiger partial charge in [-0.1, -0.05) is 19.8 Å². The van der Waals surface area contributed by atoms with Crippen LogP contribution in [0.1, 0.15) is 66.7 Å². The molecule has 3 N–H and O–H groups in total. The van der Waals surface area contributed by atoms with Crippen molar-refractivity contribution in [2.24, 2.45) is 5.41 Å². The molecule has 0 aromatic heterocycles. The monoisotopic (exact) mass is 312 g/mol. The van der Waals surface area contributed by atoms with Crippen molar-refractivity contribution in [3.05, 3.63) is 0 Å². The molecule has 2 rings (SSSR count). The Morgan fingerprint density at radius 3 is 2.45 bits per heavy atom. The molecule has 5 nitrogen and oxygen atoms in total. The lowest BCUT2D eigenvalue weighted by Crippen LogP contribution is -2.53. The normalized spacial score (nSPS) is 36.8. The molecule has 0 bridgehead atoms. The quantitative estimate of drug-likeness (QED) is 0.750. The summed E-state index contributed by atoms with van der Waals surface area (Å²) < 4.78 is 6.00. The van der Waals surface area contributed by atoms with Gasteiger partial charge in [-0.15, -0.1) is 0 Å². The molecule has 1 aliphatic heterocycles. The SMILES string of the molecule is CC1(C)CC(NC(=O)NCC2(C)CCCCC2O)C(C)(C)O1. The minimum absolute atomic E-state index is 0.00779. The number of aliphatic hydroxyl groups is 1. The van der Waals surface area contributed by atoms with Crippen molar-refractivity contribution in [2.45, 2.75) is 90.1 Å². The Hall–Kier alpha value is -0.810. The minimum Gasteiger partial charge on any atom is -0.392 e. The molecule has 2 aliphatic rings. The number of hydrogen-bond acceptors (Lipinski definition) is 3. The summed E-state index contributed by atoms with van der Waals surface area (Å²) in [5, 5.41) is 16.2. The Kier molecular flexibility index (Phi) is 4.79. The average molecular weight is 312 g/mol. The lowest BCUT2D eigenvalue weighted by Gasteiger charge is -2.38. The molecule has 1 saturated heterocycles. The van der Waals surface area contributed by atoms with Crippen LogP contribution in [0, 0.1) is 5.41 Å². The first kappa shape index (κ1) is 17.5. The summed E-state index contributed by atoms with van der Waals surface area (Å²) in [5.41, 5.74) is -0.793. The summed E-state index contributed by atoms with van der Waals surface area (Å²) in [4.78, 5) is 12.2. The highest BCUT2D eigenvalue weighted by Gasteiger charge is 2.46.